The van der Waals surface area contributed by atoms with Gasteiger partial charge in [-0.25, -0.2) is 4.68 Å². The van der Waals surface area contributed by atoms with Gasteiger partial charge >= 0.3 is 0 Å². The van der Waals surface area contributed by atoms with Gasteiger partial charge in [0.1, 0.15) is 5.69 Å². The van der Waals surface area contributed by atoms with E-state index in [-0.39, 0.29) is 5.91 Å². The Bertz CT molecular complexity index is 764. The van der Waals surface area contributed by atoms with E-state index >= 15 is 0 Å². The van der Waals surface area contributed by atoms with E-state index in [1.807, 2.05) is 29.6 Å². The van der Waals surface area contributed by atoms with E-state index in [0.717, 1.165) is 10.6 Å². The largest absolute Gasteiger partial charge is 0.347 e. The molecule has 0 saturated heterocycles. The Kier molecular flexibility index (Phi) is 4.35. The molecule has 22 heavy (non-hydrogen) atoms. The van der Waals surface area contributed by atoms with E-state index in [1.165, 1.54) is 6.08 Å². The summed E-state index contributed by atoms with van der Waals surface area (Å²) in [6.07, 6.45) is 8.45. The van der Waals surface area contributed by atoms with Gasteiger partial charge in [-0.3, -0.25) is 9.78 Å². The second kappa shape index (κ2) is 6.77. The van der Waals surface area contributed by atoms with Crippen LogP contribution in [0, 0.1) is 0 Å². The fourth-order valence-electron chi connectivity index (χ4n) is 1.78. The van der Waals surface area contributed by atoms with Crippen molar-refractivity contribution in [3.63, 3.8) is 0 Å². The highest BCUT2D eigenvalue weighted by Gasteiger charge is 2.04. The summed E-state index contributed by atoms with van der Waals surface area (Å²) in [5.74, 6) is -0.163. The predicted octanol–water partition coefficient (Wildman–Crippen LogP) is 2.05. The number of nitrogens with one attached hydrogen (secondary N) is 1. The average Bonchev–Trinajstić information content (AvgIpc) is 3.23. The zero-order chi connectivity index (χ0) is 15.2. The van der Waals surface area contributed by atoms with Crippen molar-refractivity contribution < 1.29 is 4.79 Å². The molecule has 7 heteroatoms. The molecular formula is C15H13N5OS. The zero-order valence-electron chi connectivity index (χ0n) is 11.6. The van der Waals surface area contributed by atoms with Crippen LogP contribution in [0.1, 0.15) is 10.6 Å². The number of carbonyl (C=O) groups is 1. The van der Waals surface area contributed by atoms with Crippen molar-refractivity contribution >= 4 is 23.3 Å². The van der Waals surface area contributed by atoms with Crippen LogP contribution in [0.25, 0.3) is 11.8 Å². The highest BCUT2D eigenvalue weighted by molar-refractivity contribution is 7.10. The summed E-state index contributed by atoms with van der Waals surface area (Å²) in [4.78, 5) is 16.8. The van der Waals surface area contributed by atoms with E-state index in [0.29, 0.717) is 12.2 Å². The minimum atomic E-state index is -0.163. The second-order valence-electron chi connectivity index (χ2n) is 4.43. The summed E-state index contributed by atoms with van der Waals surface area (Å²) in [5, 5.41) is 12.8. The third kappa shape index (κ3) is 3.64. The fraction of sp³-hybridized carbons (Fsp3) is 0.0667. The molecule has 0 unspecified atom stereocenters. The minimum Gasteiger partial charge on any atom is -0.347 e. The van der Waals surface area contributed by atoms with E-state index in [9.17, 15) is 4.79 Å². The van der Waals surface area contributed by atoms with Crippen molar-refractivity contribution in [1.82, 2.24) is 25.3 Å². The molecule has 0 saturated carbocycles. The molecule has 1 amide bonds. The normalized spacial score (nSPS) is 10.9. The number of hydrogen-bond donors (Lipinski definition) is 1. The first-order chi connectivity index (χ1) is 10.8. The Morgan fingerprint density at radius 2 is 2.32 bits per heavy atom. The number of hydrogen-bond acceptors (Lipinski definition) is 5. The number of amides is 1. The van der Waals surface area contributed by atoms with Crippen LogP contribution in [-0.2, 0) is 11.3 Å². The van der Waals surface area contributed by atoms with Crippen molar-refractivity contribution in [3.05, 3.63) is 64.9 Å². The van der Waals surface area contributed by atoms with Crippen molar-refractivity contribution in [1.29, 1.82) is 0 Å². The van der Waals surface area contributed by atoms with E-state index in [4.69, 9.17) is 0 Å². The van der Waals surface area contributed by atoms with Crippen LogP contribution >= 0.6 is 11.3 Å². The molecule has 0 aliphatic carbocycles. The second-order valence-corrected chi connectivity index (χ2v) is 5.41. The van der Waals surface area contributed by atoms with E-state index < -0.39 is 0 Å². The van der Waals surface area contributed by atoms with Gasteiger partial charge in [-0.15, -0.1) is 16.4 Å². The first kappa shape index (κ1) is 14.2. The molecule has 6 nitrogen and oxygen atoms in total. The summed E-state index contributed by atoms with van der Waals surface area (Å²) in [5.41, 5.74) is 1.51. The maximum absolute atomic E-state index is 11.7. The monoisotopic (exact) mass is 311 g/mol. The summed E-state index contributed by atoms with van der Waals surface area (Å²) < 4.78 is 1.62. The van der Waals surface area contributed by atoms with Gasteiger partial charge in [-0.1, -0.05) is 11.3 Å². The van der Waals surface area contributed by atoms with Crippen LogP contribution < -0.4 is 5.32 Å². The van der Waals surface area contributed by atoms with Gasteiger partial charge in [-0.05, 0) is 29.7 Å². The molecule has 0 radical (unpaired) electrons. The molecule has 0 aromatic carbocycles. The van der Waals surface area contributed by atoms with Gasteiger partial charge in [0.05, 0.1) is 24.6 Å². The Morgan fingerprint density at radius 3 is 3.09 bits per heavy atom. The van der Waals surface area contributed by atoms with Crippen LogP contribution in [-0.4, -0.2) is 25.9 Å². The molecule has 0 fully saturated rings. The average molecular weight is 311 g/mol. The number of carbonyl (C=O) groups excluding carboxylic acids is 1. The molecule has 1 N–H and O–H groups in total. The fourth-order valence-corrected chi connectivity index (χ4v) is 2.39. The molecule has 0 spiro atoms. The molecular weight excluding hydrogens is 298 g/mol. The molecule has 3 aromatic heterocycles. The molecule has 0 aliphatic heterocycles. The van der Waals surface area contributed by atoms with Crippen molar-refractivity contribution in [3.8, 4) is 5.69 Å². The number of rotatable bonds is 5. The van der Waals surface area contributed by atoms with Gasteiger partial charge in [0.25, 0.3) is 0 Å². The summed E-state index contributed by atoms with van der Waals surface area (Å²) in [7, 11) is 0. The summed E-state index contributed by atoms with van der Waals surface area (Å²) >= 11 is 1.58. The Hall–Kier alpha value is -2.80. The predicted molar refractivity (Wildman–Crippen MR) is 84.4 cm³/mol. The minimum absolute atomic E-state index is 0.163. The lowest BCUT2D eigenvalue weighted by Gasteiger charge is -1.98. The van der Waals surface area contributed by atoms with Gasteiger partial charge in [-0.2, -0.15) is 0 Å². The lowest BCUT2D eigenvalue weighted by molar-refractivity contribution is -0.116. The highest BCUT2D eigenvalue weighted by atomic mass is 32.1. The quantitative estimate of drug-likeness (QED) is 0.732. The summed E-state index contributed by atoms with van der Waals surface area (Å²) in [6, 6.07) is 7.61. The Labute approximate surface area is 131 Å². The first-order valence-electron chi connectivity index (χ1n) is 6.62. The third-order valence-corrected chi connectivity index (χ3v) is 3.67. The van der Waals surface area contributed by atoms with Crippen molar-refractivity contribution in [2.75, 3.05) is 0 Å². The Balaban J connectivity index is 1.56. The maximum atomic E-state index is 11.7. The first-order valence-corrected chi connectivity index (χ1v) is 7.50. The molecule has 0 bridgehead atoms. The lowest BCUT2D eigenvalue weighted by Crippen LogP contribution is -2.20. The number of nitrogens with zero attached hydrogens (tertiary/aromatic N) is 4. The summed E-state index contributed by atoms with van der Waals surface area (Å²) in [6.45, 7) is 0.327. The van der Waals surface area contributed by atoms with Crippen molar-refractivity contribution in [2.45, 2.75) is 6.54 Å². The molecule has 3 heterocycles. The molecule has 0 aliphatic rings. The van der Waals surface area contributed by atoms with E-state index in [2.05, 4.69) is 20.6 Å². The van der Waals surface area contributed by atoms with Gasteiger partial charge in [0.15, 0.2) is 0 Å². The molecule has 0 atom stereocenters. The number of aromatic nitrogens is 4. The third-order valence-electron chi connectivity index (χ3n) is 2.84. The lowest BCUT2D eigenvalue weighted by atomic mass is 10.4. The molecule has 110 valence electrons. The number of thiophene rings is 1. The molecule has 3 rings (SSSR count). The van der Waals surface area contributed by atoms with Crippen LogP contribution in [0.5, 0.6) is 0 Å². The van der Waals surface area contributed by atoms with Crippen LogP contribution in [0.3, 0.4) is 0 Å². The SMILES string of the molecule is O=C(/C=C/c1cccs1)NCc1cn(-c2cccnc2)nn1. The van der Waals surface area contributed by atoms with Crippen LogP contribution in [0.2, 0.25) is 0 Å². The van der Waals surface area contributed by atoms with Gasteiger partial charge in [0, 0.05) is 17.2 Å². The van der Waals surface area contributed by atoms with Gasteiger partial charge < -0.3 is 5.32 Å². The smallest absolute Gasteiger partial charge is 0.244 e. The standard InChI is InChI=1S/C15H13N5OS/c21-15(6-5-14-4-2-8-22-14)17-9-12-11-20(19-18-12)13-3-1-7-16-10-13/h1-8,10-11H,9H2,(H,17,21)/b6-5+. The zero-order valence-corrected chi connectivity index (χ0v) is 12.4. The van der Waals surface area contributed by atoms with E-state index in [1.54, 1.807) is 40.7 Å². The van der Waals surface area contributed by atoms with Crippen molar-refractivity contribution in [2.24, 2.45) is 0 Å². The van der Waals surface area contributed by atoms with Gasteiger partial charge in [0.2, 0.25) is 5.91 Å². The highest BCUT2D eigenvalue weighted by Crippen LogP contribution is 2.10. The number of pyridine rings is 1. The maximum Gasteiger partial charge on any atom is 0.244 e. The topological polar surface area (TPSA) is 72.7 Å². The van der Waals surface area contributed by atoms with Crippen LogP contribution in [0.15, 0.2) is 54.3 Å². The molecule has 3 aromatic rings. The van der Waals surface area contributed by atoms with Crippen LogP contribution in [0.4, 0.5) is 0 Å². The Morgan fingerprint density at radius 1 is 1.36 bits per heavy atom.